The van der Waals surface area contributed by atoms with E-state index in [1.54, 1.807) is 0 Å². The van der Waals surface area contributed by atoms with Crippen LogP contribution in [-0.4, -0.2) is 24.9 Å². The smallest absolute Gasteiger partial charge is 0.400 e. The van der Waals surface area contributed by atoms with E-state index in [0.717, 1.165) is 6.07 Å². The topological polar surface area (TPSA) is 44.5 Å². The highest BCUT2D eigenvalue weighted by atomic mass is 19.2. The fourth-order valence-corrected chi connectivity index (χ4v) is 2.07. The van der Waals surface area contributed by atoms with Crippen molar-refractivity contribution < 1.29 is 22.5 Å². The molecule has 0 saturated carbocycles. The molecule has 0 radical (unpaired) electrons. The lowest BCUT2D eigenvalue weighted by Crippen LogP contribution is -2.41. The molecule has 1 aliphatic heterocycles. The van der Waals surface area contributed by atoms with Crippen molar-refractivity contribution in [2.75, 3.05) is 6.54 Å². The summed E-state index contributed by atoms with van der Waals surface area (Å²) >= 11 is 0. The zero-order chi connectivity index (χ0) is 16.7. The summed E-state index contributed by atoms with van der Waals surface area (Å²) in [6, 6.07) is 1.28. The van der Waals surface area contributed by atoms with Gasteiger partial charge in [-0.3, -0.25) is 0 Å². The van der Waals surface area contributed by atoms with E-state index >= 15 is 0 Å². The highest BCUT2D eigenvalue weighted by Crippen LogP contribution is 2.38. The molecular formula is C15H19BF3NO2. The molecule has 1 aromatic carbocycles. The van der Waals surface area contributed by atoms with Crippen LogP contribution in [0.25, 0.3) is 6.08 Å². The molecule has 0 amide bonds. The summed E-state index contributed by atoms with van der Waals surface area (Å²) < 4.78 is 51.6. The van der Waals surface area contributed by atoms with Crippen LogP contribution in [0.4, 0.5) is 13.2 Å². The van der Waals surface area contributed by atoms with Crippen molar-refractivity contribution in [1.29, 1.82) is 0 Å². The first-order chi connectivity index (χ1) is 10.1. The number of hydrogen-bond donors (Lipinski definition) is 1. The van der Waals surface area contributed by atoms with Crippen LogP contribution in [0.3, 0.4) is 0 Å². The predicted octanol–water partition coefficient (Wildman–Crippen LogP) is 3.08. The Bertz CT molecular complexity index is 601. The van der Waals surface area contributed by atoms with Crippen molar-refractivity contribution in [3.8, 4) is 0 Å². The second kappa shape index (κ2) is 5.72. The van der Waals surface area contributed by atoms with E-state index in [-0.39, 0.29) is 12.1 Å². The van der Waals surface area contributed by atoms with E-state index in [1.807, 2.05) is 27.7 Å². The van der Waals surface area contributed by atoms with Crippen molar-refractivity contribution in [2.24, 2.45) is 5.73 Å². The van der Waals surface area contributed by atoms with Gasteiger partial charge in [0.05, 0.1) is 11.2 Å². The lowest BCUT2D eigenvalue weighted by atomic mass is 9.77. The zero-order valence-electron chi connectivity index (χ0n) is 13.0. The van der Waals surface area contributed by atoms with Gasteiger partial charge in [0.25, 0.3) is 0 Å². The minimum atomic E-state index is -1.24. The summed E-state index contributed by atoms with van der Waals surface area (Å²) in [7, 11) is -0.762. The van der Waals surface area contributed by atoms with Crippen LogP contribution in [0.15, 0.2) is 17.6 Å². The van der Waals surface area contributed by atoms with E-state index in [1.165, 1.54) is 6.08 Å². The largest absolute Gasteiger partial charge is 0.491 e. The summed E-state index contributed by atoms with van der Waals surface area (Å²) in [4.78, 5) is 0. The Morgan fingerprint density at radius 2 is 1.55 bits per heavy atom. The molecule has 22 heavy (non-hydrogen) atoms. The second-order valence-electron chi connectivity index (χ2n) is 6.30. The summed E-state index contributed by atoms with van der Waals surface area (Å²) in [5.41, 5.74) is 4.88. The van der Waals surface area contributed by atoms with Crippen molar-refractivity contribution in [3.63, 3.8) is 0 Å². The van der Waals surface area contributed by atoms with Crippen LogP contribution >= 0.6 is 0 Å². The van der Waals surface area contributed by atoms with Gasteiger partial charge in [0, 0.05) is 18.2 Å². The molecule has 3 nitrogen and oxygen atoms in total. The Morgan fingerprint density at radius 3 is 2.05 bits per heavy atom. The number of hydrogen-bond acceptors (Lipinski definition) is 3. The highest BCUT2D eigenvalue weighted by Gasteiger charge is 2.52. The van der Waals surface area contributed by atoms with E-state index in [2.05, 4.69) is 0 Å². The molecule has 0 unspecified atom stereocenters. The molecular weight excluding hydrogens is 294 g/mol. The lowest BCUT2D eigenvalue weighted by Gasteiger charge is -2.32. The van der Waals surface area contributed by atoms with Gasteiger partial charge < -0.3 is 15.0 Å². The van der Waals surface area contributed by atoms with Gasteiger partial charge in [-0.05, 0) is 39.2 Å². The molecule has 2 N–H and O–H groups in total. The van der Waals surface area contributed by atoms with Crippen molar-refractivity contribution in [2.45, 2.75) is 38.9 Å². The standard InChI is InChI=1S/C15H19BF3NO2/c1-14(2)15(3,4)22-16(21-14)10(8-20)5-9-6-12(18)13(19)7-11(9)17/h5-7H,8,20H2,1-4H3. The quantitative estimate of drug-likeness (QED) is 0.689. The van der Waals surface area contributed by atoms with Crippen LogP contribution in [-0.2, 0) is 9.31 Å². The molecule has 7 heteroatoms. The van der Waals surface area contributed by atoms with Crippen molar-refractivity contribution >= 4 is 13.2 Å². The molecule has 0 atom stereocenters. The fourth-order valence-electron chi connectivity index (χ4n) is 2.07. The molecule has 2 rings (SSSR count). The molecule has 0 bridgehead atoms. The third kappa shape index (κ3) is 3.07. The summed E-state index contributed by atoms with van der Waals surface area (Å²) in [6.07, 6.45) is 1.33. The summed E-state index contributed by atoms with van der Waals surface area (Å²) in [5, 5.41) is 0. The van der Waals surface area contributed by atoms with Crippen LogP contribution in [0.5, 0.6) is 0 Å². The van der Waals surface area contributed by atoms with Gasteiger partial charge in [-0.15, -0.1) is 0 Å². The van der Waals surface area contributed by atoms with E-state index in [4.69, 9.17) is 15.0 Å². The average molecular weight is 313 g/mol. The van der Waals surface area contributed by atoms with Gasteiger partial charge in [0.1, 0.15) is 5.82 Å². The fraction of sp³-hybridized carbons (Fsp3) is 0.467. The molecule has 120 valence electrons. The normalized spacial score (nSPS) is 20.5. The first-order valence-corrected chi connectivity index (χ1v) is 6.98. The molecule has 1 saturated heterocycles. The Morgan fingerprint density at radius 1 is 1.05 bits per heavy atom. The van der Waals surface area contributed by atoms with Gasteiger partial charge in [-0.25, -0.2) is 13.2 Å². The summed E-state index contributed by atoms with van der Waals surface area (Å²) in [6.45, 7) is 7.53. The first-order valence-electron chi connectivity index (χ1n) is 6.98. The average Bonchev–Trinajstić information content (AvgIpc) is 2.61. The third-order valence-corrected chi connectivity index (χ3v) is 4.17. The number of nitrogens with two attached hydrogens (primary N) is 1. The number of rotatable bonds is 3. The van der Waals surface area contributed by atoms with Crippen molar-refractivity contribution in [3.05, 3.63) is 40.6 Å². The van der Waals surface area contributed by atoms with Gasteiger partial charge in [0.2, 0.25) is 0 Å². The molecule has 1 aliphatic rings. The molecule has 1 fully saturated rings. The van der Waals surface area contributed by atoms with Gasteiger partial charge in [-0.2, -0.15) is 0 Å². The molecule has 1 aromatic rings. The van der Waals surface area contributed by atoms with Gasteiger partial charge in [0.15, 0.2) is 11.6 Å². The highest BCUT2D eigenvalue weighted by molar-refractivity contribution is 6.55. The first kappa shape index (κ1) is 17.1. The maximum Gasteiger partial charge on any atom is 0.491 e. The minimum absolute atomic E-state index is 0.0370. The SMILES string of the molecule is CC1(C)OB(C(=Cc2cc(F)c(F)cc2F)CN)OC1(C)C. The Balaban J connectivity index is 2.36. The summed E-state index contributed by atoms with van der Waals surface area (Å²) in [5.74, 6) is -3.24. The second-order valence-corrected chi connectivity index (χ2v) is 6.30. The third-order valence-electron chi connectivity index (χ3n) is 4.17. The van der Waals surface area contributed by atoms with Crippen LogP contribution in [0.1, 0.15) is 33.3 Å². The predicted molar refractivity (Wildman–Crippen MR) is 79.4 cm³/mol. The minimum Gasteiger partial charge on any atom is -0.400 e. The monoisotopic (exact) mass is 313 g/mol. The van der Waals surface area contributed by atoms with Crippen LogP contribution < -0.4 is 5.73 Å². The van der Waals surface area contributed by atoms with E-state index in [0.29, 0.717) is 11.5 Å². The van der Waals surface area contributed by atoms with Gasteiger partial charge >= 0.3 is 7.12 Å². The number of benzene rings is 1. The Hall–Kier alpha value is -1.31. The van der Waals surface area contributed by atoms with E-state index < -0.39 is 35.8 Å². The lowest BCUT2D eigenvalue weighted by molar-refractivity contribution is 0.00578. The molecule has 1 heterocycles. The Labute approximate surface area is 128 Å². The maximum atomic E-state index is 13.7. The van der Waals surface area contributed by atoms with E-state index in [9.17, 15) is 13.2 Å². The maximum absolute atomic E-state index is 13.7. The zero-order valence-corrected chi connectivity index (χ0v) is 13.0. The van der Waals surface area contributed by atoms with Crippen LogP contribution in [0.2, 0.25) is 0 Å². The molecule has 0 aliphatic carbocycles. The number of halogens is 3. The molecule has 0 aromatic heterocycles. The van der Waals surface area contributed by atoms with Crippen LogP contribution in [0, 0.1) is 17.5 Å². The van der Waals surface area contributed by atoms with Gasteiger partial charge in [-0.1, -0.05) is 6.08 Å². The van der Waals surface area contributed by atoms with Crippen molar-refractivity contribution in [1.82, 2.24) is 0 Å². The molecule has 0 spiro atoms. The Kier molecular flexibility index (Phi) is 4.43.